The Hall–Kier alpha value is -3.46. The van der Waals surface area contributed by atoms with Gasteiger partial charge in [0.2, 0.25) is 11.8 Å². The van der Waals surface area contributed by atoms with E-state index in [1.807, 2.05) is 36.9 Å². The second-order valence-electron chi connectivity index (χ2n) is 10.2. The van der Waals surface area contributed by atoms with Gasteiger partial charge in [-0.05, 0) is 61.9 Å². The van der Waals surface area contributed by atoms with Crippen LogP contribution in [0.25, 0.3) is 11.3 Å². The summed E-state index contributed by atoms with van der Waals surface area (Å²) in [5.74, 6) is 0.268. The minimum atomic E-state index is -4.06. The number of ether oxygens (including phenoxy) is 1. The van der Waals surface area contributed by atoms with Crippen molar-refractivity contribution in [2.45, 2.75) is 64.0 Å². The molecule has 2 aromatic carbocycles. The number of carbonyl (C=O) groups is 1. The van der Waals surface area contributed by atoms with Crippen LogP contribution in [0.5, 0.6) is 5.88 Å². The van der Waals surface area contributed by atoms with Crippen molar-refractivity contribution in [3.05, 3.63) is 65.2 Å². The smallest absolute Gasteiger partial charge is 0.264 e. The zero-order valence-electron chi connectivity index (χ0n) is 21.6. The summed E-state index contributed by atoms with van der Waals surface area (Å²) in [7, 11) is -4.06. The highest BCUT2D eigenvalue weighted by Crippen LogP contribution is 2.32. The molecule has 3 aromatic rings. The number of aryl methyl sites for hydroxylation is 2. The number of carbonyl (C=O) groups excluding carboxylic acids is 1. The Morgan fingerprint density at radius 3 is 2.51 bits per heavy atom. The molecule has 3 heterocycles. The number of hydrogen-bond donors (Lipinski definition) is 1. The summed E-state index contributed by atoms with van der Waals surface area (Å²) in [5, 5.41) is 0. The van der Waals surface area contributed by atoms with E-state index in [2.05, 4.69) is 28.5 Å². The minimum Gasteiger partial charge on any atom is -0.474 e. The first-order valence-corrected chi connectivity index (χ1v) is 14.2. The van der Waals surface area contributed by atoms with Crippen LogP contribution in [0.2, 0.25) is 0 Å². The Morgan fingerprint density at radius 1 is 1.05 bits per heavy atom. The third kappa shape index (κ3) is 5.05. The van der Waals surface area contributed by atoms with E-state index >= 15 is 0 Å². The van der Waals surface area contributed by atoms with E-state index in [0.29, 0.717) is 30.1 Å². The Morgan fingerprint density at radius 2 is 1.78 bits per heavy atom. The van der Waals surface area contributed by atoms with Crippen LogP contribution in [0.4, 0.5) is 5.95 Å². The van der Waals surface area contributed by atoms with Gasteiger partial charge in [0.15, 0.2) is 0 Å². The summed E-state index contributed by atoms with van der Waals surface area (Å²) in [4.78, 5) is 24.5. The van der Waals surface area contributed by atoms with Gasteiger partial charge in [-0.25, -0.2) is 18.1 Å². The van der Waals surface area contributed by atoms with Gasteiger partial charge in [0, 0.05) is 36.2 Å². The van der Waals surface area contributed by atoms with Crippen LogP contribution in [0.1, 0.15) is 54.6 Å². The van der Waals surface area contributed by atoms with Crippen molar-refractivity contribution in [3.8, 4) is 17.1 Å². The number of anilines is 1. The summed E-state index contributed by atoms with van der Waals surface area (Å²) in [6, 6.07) is 13.9. The highest BCUT2D eigenvalue weighted by molar-refractivity contribution is 7.92. The number of hydrogen-bond acceptors (Lipinski definition) is 6. The van der Waals surface area contributed by atoms with Crippen molar-refractivity contribution >= 4 is 21.9 Å². The number of aromatic nitrogens is 2. The van der Waals surface area contributed by atoms with Crippen LogP contribution in [0.15, 0.2) is 53.4 Å². The van der Waals surface area contributed by atoms with Crippen LogP contribution in [-0.2, 0) is 10.0 Å². The number of fused-ring (bicyclic) bond motifs is 7. The van der Waals surface area contributed by atoms with E-state index in [9.17, 15) is 13.2 Å². The Labute approximate surface area is 218 Å². The molecule has 0 spiro atoms. The van der Waals surface area contributed by atoms with Crippen molar-refractivity contribution < 1.29 is 17.9 Å². The quantitative estimate of drug-likeness (QED) is 0.512. The molecule has 2 unspecified atom stereocenters. The first-order chi connectivity index (χ1) is 17.6. The van der Waals surface area contributed by atoms with Crippen molar-refractivity contribution in [1.29, 1.82) is 0 Å². The molecule has 8 nitrogen and oxygen atoms in total. The fourth-order valence-corrected chi connectivity index (χ4v) is 6.34. The molecule has 2 atom stereocenters. The van der Waals surface area contributed by atoms with Gasteiger partial charge in [-0.3, -0.25) is 4.79 Å². The van der Waals surface area contributed by atoms with Crippen LogP contribution in [0.3, 0.4) is 0 Å². The second-order valence-corrected chi connectivity index (χ2v) is 11.9. The van der Waals surface area contributed by atoms with Gasteiger partial charge in [-0.15, -0.1) is 0 Å². The van der Waals surface area contributed by atoms with E-state index in [1.165, 1.54) is 12.1 Å². The van der Waals surface area contributed by atoms with E-state index in [4.69, 9.17) is 4.74 Å². The molecule has 194 valence electrons. The molecule has 1 amide bonds. The summed E-state index contributed by atoms with van der Waals surface area (Å²) in [5.41, 5.74) is 3.88. The predicted molar refractivity (Wildman–Crippen MR) is 142 cm³/mol. The fourth-order valence-electron chi connectivity index (χ4n) is 5.35. The molecule has 1 saturated heterocycles. The summed E-state index contributed by atoms with van der Waals surface area (Å²) < 4.78 is 35.7. The lowest BCUT2D eigenvalue weighted by molar-refractivity contribution is 0.0594. The van der Waals surface area contributed by atoms with Crippen molar-refractivity contribution in [2.75, 3.05) is 11.3 Å². The molecule has 2 aliphatic rings. The van der Waals surface area contributed by atoms with Gasteiger partial charge in [-0.2, -0.15) is 4.98 Å². The van der Waals surface area contributed by atoms with Crippen LogP contribution < -0.4 is 9.46 Å². The molecular formula is C28H32N4O4S. The monoisotopic (exact) mass is 520 g/mol. The Balaban J connectivity index is 1.70. The normalized spacial score (nSPS) is 21.1. The number of rotatable bonds is 2. The van der Waals surface area contributed by atoms with Crippen LogP contribution in [0, 0.1) is 19.8 Å². The average Bonchev–Trinajstić information content (AvgIpc) is 3.05. The summed E-state index contributed by atoms with van der Waals surface area (Å²) >= 11 is 0. The molecule has 5 rings (SSSR count). The predicted octanol–water partition coefficient (Wildman–Crippen LogP) is 4.97. The van der Waals surface area contributed by atoms with Crippen molar-refractivity contribution in [3.63, 3.8) is 0 Å². The highest BCUT2D eigenvalue weighted by atomic mass is 32.2. The van der Waals surface area contributed by atoms with E-state index in [-0.39, 0.29) is 34.8 Å². The number of sulfonamides is 1. The van der Waals surface area contributed by atoms with Gasteiger partial charge in [0.1, 0.15) is 6.10 Å². The van der Waals surface area contributed by atoms with E-state index in [1.54, 1.807) is 18.2 Å². The molecule has 0 saturated carbocycles. The fraction of sp³-hybridized carbons (Fsp3) is 0.393. The lowest BCUT2D eigenvalue weighted by Crippen LogP contribution is -2.44. The number of benzene rings is 2. The highest BCUT2D eigenvalue weighted by Gasteiger charge is 2.34. The van der Waals surface area contributed by atoms with Gasteiger partial charge in [0.25, 0.3) is 15.9 Å². The number of amides is 1. The van der Waals surface area contributed by atoms with Gasteiger partial charge < -0.3 is 9.64 Å². The lowest BCUT2D eigenvalue weighted by Gasteiger charge is -2.34. The maximum absolute atomic E-state index is 13.6. The molecule has 37 heavy (non-hydrogen) atoms. The summed E-state index contributed by atoms with van der Waals surface area (Å²) in [6.45, 7) is 8.78. The van der Waals surface area contributed by atoms with Crippen LogP contribution in [-0.4, -0.2) is 47.9 Å². The standard InChI is InChI=1S/C28H32N4O4S/c1-17(2)24-15-21-11-7-13-32(24)27(33)20-10-6-12-22(14-20)37(34,35)31-28-29-23(16-25(30-28)36-21)26-18(3)8-5-9-19(26)4/h5-6,8-10,12,14,16-17,21,24H,7,11,13,15H2,1-4H3,(H,29,30,31). The minimum absolute atomic E-state index is 0.0206. The van der Waals surface area contributed by atoms with Gasteiger partial charge >= 0.3 is 0 Å². The maximum Gasteiger partial charge on any atom is 0.264 e. The number of nitrogens with zero attached hydrogens (tertiary/aromatic N) is 3. The van der Waals surface area contributed by atoms with E-state index < -0.39 is 10.0 Å². The average molecular weight is 521 g/mol. The second kappa shape index (κ2) is 9.78. The third-order valence-electron chi connectivity index (χ3n) is 7.20. The first kappa shape index (κ1) is 25.2. The summed E-state index contributed by atoms with van der Waals surface area (Å²) in [6.07, 6.45) is 2.02. The molecule has 9 heteroatoms. The maximum atomic E-state index is 13.6. The molecule has 0 aliphatic carbocycles. The molecule has 0 radical (unpaired) electrons. The SMILES string of the molecule is Cc1cccc(C)c1-c1cc2nc(n1)NS(=O)(=O)c1cccc(c1)C(=O)N1CCCC(CC1C(C)C)O2. The van der Waals surface area contributed by atoms with Gasteiger partial charge in [0.05, 0.1) is 10.6 Å². The zero-order valence-corrected chi connectivity index (χ0v) is 22.4. The Bertz CT molecular complexity index is 1430. The van der Waals surface area contributed by atoms with Crippen molar-refractivity contribution in [1.82, 2.24) is 14.9 Å². The molecular weight excluding hydrogens is 488 g/mol. The third-order valence-corrected chi connectivity index (χ3v) is 8.53. The van der Waals surface area contributed by atoms with Gasteiger partial charge in [-0.1, -0.05) is 38.1 Å². The molecule has 1 N–H and O–H groups in total. The molecule has 1 aromatic heterocycles. The molecule has 6 bridgehead atoms. The Kier molecular flexibility index (Phi) is 6.66. The van der Waals surface area contributed by atoms with E-state index in [0.717, 1.165) is 29.5 Å². The molecule has 1 fully saturated rings. The molecule has 2 aliphatic heterocycles. The first-order valence-electron chi connectivity index (χ1n) is 12.7. The topological polar surface area (TPSA) is 101 Å². The number of nitrogens with one attached hydrogen (secondary N) is 1. The van der Waals surface area contributed by atoms with Crippen molar-refractivity contribution in [2.24, 2.45) is 5.92 Å². The largest absolute Gasteiger partial charge is 0.474 e. The lowest BCUT2D eigenvalue weighted by atomic mass is 9.96. The van der Waals surface area contributed by atoms with Crippen LogP contribution >= 0.6 is 0 Å². The zero-order chi connectivity index (χ0) is 26.3.